The number of halogens is 1. The molecule has 0 bridgehead atoms. The average Bonchev–Trinajstić information content (AvgIpc) is 3.79. The molecule has 5 heterocycles. The van der Waals surface area contributed by atoms with Crippen molar-refractivity contribution in [2.45, 2.75) is 32.1 Å². The van der Waals surface area contributed by atoms with Crippen LogP contribution < -0.4 is 10.1 Å². The lowest BCUT2D eigenvalue weighted by molar-refractivity contribution is -0.122. The molecule has 1 amide bonds. The minimum atomic E-state index is -0.370. The maximum absolute atomic E-state index is 14.8. The zero-order valence-corrected chi connectivity index (χ0v) is 25.2. The van der Waals surface area contributed by atoms with Gasteiger partial charge in [-0.25, -0.2) is 14.4 Å². The first kappa shape index (κ1) is 28.3. The number of nitrogens with zero attached hydrogens (tertiary/aromatic N) is 5. The molecule has 8 rings (SSSR count). The molecule has 1 saturated heterocycles. The highest BCUT2D eigenvalue weighted by molar-refractivity contribution is 5.98. The Bertz CT molecular complexity index is 2060. The Labute approximate surface area is 264 Å². The first-order chi connectivity index (χ1) is 22.6. The number of carbonyl (C=O) groups excluding carboxylic acids is 1. The van der Waals surface area contributed by atoms with Crippen molar-refractivity contribution in [2.24, 2.45) is 5.92 Å². The number of nitrogens with one attached hydrogen (secondary N) is 3. The number of aromatic amines is 2. The summed E-state index contributed by atoms with van der Waals surface area (Å²) >= 11 is 0. The van der Waals surface area contributed by atoms with Crippen LogP contribution in [-0.2, 0) is 4.79 Å². The summed E-state index contributed by atoms with van der Waals surface area (Å²) in [4.78, 5) is 31.9. The van der Waals surface area contributed by atoms with E-state index in [2.05, 4.69) is 35.4 Å². The Morgan fingerprint density at radius 2 is 1.89 bits per heavy atom. The first-order valence-corrected chi connectivity index (χ1v) is 15.8. The van der Waals surface area contributed by atoms with E-state index in [9.17, 15) is 9.18 Å². The molecule has 1 aliphatic heterocycles. The minimum Gasteiger partial charge on any atom is -0.492 e. The lowest BCUT2D eigenvalue weighted by Gasteiger charge is -2.24. The van der Waals surface area contributed by atoms with Crippen molar-refractivity contribution in [2.75, 3.05) is 31.6 Å². The van der Waals surface area contributed by atoms with Gasteiger partial charge in [-0.3, -0.25) is 19.8 Å². The Kier molecular flexibility index (Phi) is 7.37. The molecule has 0 unspecified atom stereocenters. The number of rotatable bonds is 9. The molecular weight excluding hydrogens is 583 g/mol. The molecule has 4 aromatic heterocycles. The highest BCUT2D eigenvalue weighted by atomic mass is 19.1. The van der Waals surface area contributed by atoms with Crippen LogP contribution in [0.4, 0.5) is 10.1 Å². The van der Waals surface area contributed by atoms with Gasteiger partial charge in [0.15, 0.2) is 11.5 Å². The van der Waals surface area contributed by atoms with Crippen molar-refractivity contribution in [3.05, 3.63) is 72.9 Å². The molecule has 232 valence electrons. The Balaban J connectivity index is 1.09. The van der Waals surface area contributed by atoms with E-state index in [1.807, 2.05) is 36.4 Å². The second-order valence-corrected chi connectivity index (χ2v) is 12.1. The molecule has 0 radical (unpaired) electrons. The van der Waals surface area contributed by atoms with Crippen LogP contribution in [0.5, 0.6) is 5.75 Å². The number of pyridine rings is 2. The number of anilines is 1. The third kappa shape index (κ3) is 5.58. The second kappa shape index (κ2) is 12.0. The number of amides is 1. The quantitative estimate of drug-likeness (QED) is 0.168. The first-order valence-electron chi connectivity index (χ1n) is 15.8. The molecule has 1 saturated carbocycles. The largest absolute Gasteiger partial charge is 0.492 e. The number of benzene rings is 2. The molecule has 0 atom stereocenters. The summed E-state index contributed by atoms with van der Waals surface area (Å²) in [6.07, 6.45) is 10.5. The summed E-state index contributed by atoms with van der Waals surface area (Å²) in [6.45, 7) is 3.51. The zero-order valence-electron chi connectivity index (χ0n) is 25.2. The summed E-state index contributed by atoms with van der Waals surface area (Å²) < 4.78 is 20.8. The van der Waals surface area contributed by atoms with Gasteiger partial charge in [0.2, 0.25) is 5.91 Å². The highest BCUT2D eigenvalue weighted by Gasteiger charge is 2.25. The molecule has 1 aliphatic carbocycles. The average molecular weight is 617 g/mol. The molecule has 11 heteroatoms. The lowest BCUT2D eigenvalue weighted by Crippen LogP contribution is -2.28. The lowest BCUT2D eigenvalue weighted by atomic mass is 9.85. The topological polar surface area (TPSA) is 125 Å². The van der Waals surface area contributed by atoms with Gasteiger partial charge in [-0.15, -0.1) is 0 Å². The minimum absolute atomic E-state index is 0.0511. The summed E-state index contributed by atoms with van der Waals surface area (Å²) in [7, 11) is 0. The Hall–Kier alpha value is -5.16. The number of hydrogen-bond donors (Lipinski definition) is 3. The number of likely N-dealkylation sites (tertiary alicyclic amines) is 1. The van der Waals surface area contributed by atoms with E-state index in [1.54, 1.807) is 18.6 Å². The van der Waals surface area contributed by atoms with E-state index in [0.717, 1.165) is 66.5 Å². The number of hydrogen-bond acceptors (Lipinski definition) is 7. The van der Waals surface area contributed by atoms with Crippen molar-refractivity contribution < 1.29 is 13.9 Å². The van der Waals surface area contributed by atoms with E-state index in [0.29, 0.717) is 46.3 Å². The number of aromatic nitrogens is 6. The van der Waals surface area contributed by atoms with Crippen molar-refractivity contribution in [1.29, 1.82) is 0 Å². The van der Waals surface area contributed by atoms with Gasteiger partial charge < -0.3 is 15.0 Å². The van der Waals surface area contributed by atoms with Gasteiger partial charge in [0.1, 0.15) is 23.9 Å². The van der Waals surface area contributed by atoms with Crippen molar-refractivity contribution in [1.82, 2.24) is 35.0 Å². The molecule has 6 aromatic rings. The van der Waals surface area contributed by atoms with Gasteiger partial charge >= 0.3 is 0 Å². The van der Waals surface area contributed by atoms with E-state index in [-0.39, 0.29) is 17.6 Å². The van der Waals surface area contributed by atoms with E-state index in [1.165, 1.54) is 25.0 Å². The number of ether oxygens (including phenoxy) is 1. The number of fused-ring (bicyclic) bond motifs is 2. The van der Waals surface area contributed by atoms with Gasteiger partial charge in [0.05, 0.1) is 22.9 Å². The van der Waals surface area contributed by atoms with Crippen LogP contribution >= 0.6 is 0 Å². The number of H-pyrrole nitrogens is 2. The summed E-state index contributed by atoms with van der Waals surface area (Å²) in [6, 6.07) is 14.5. The van der Waals surface area contributed by atoms with E-state index >= 15 is 0 Å². The Morgan fingerprint density at radius 1 is 1.00 bits per heavy atom. The third-order valence-electron chi connectivity index (χ3n) is 9.05. The normalized spacial score (nSPS) is 15.4. The van der Waals surface area contributed by atoms with Crippen LogP contribution in [0.2, 0.25) is 0 Å². The van der Waals surface area contributed by atoms with Crippen molar-refractivity contribution in [3.63, 3.8) is 0 Å². The van der Waals surface area contributed by atoms with Crippen molar-refractivity contribution in [3.8, 4) is 39.5 Å². The van der Waals surface area contributed by atoms with E-state index < -0.39 is 0 Å². The molecule has 3 N–H and O–H groups in total. The van der Waals surface area contributed by atoms with Crippen LogP contribution in [0.15, 0.2) is 67.1 Å². The molecular formula is C35H33FN8O2. The van der Waals surface area contributed by atoms with Crippen LogP contribution in [0.1, 0.15) is 32.1 Å². The fourth-order valence-corrected chi connectivity index (χ4v) is 6.32. The van der Waals surface area contributed by atoms with Crippen molar-refractivity contribution >= 4 is 33.7 Å². The van der Waals surface area contributed by atoms with Gasteiger partial charge in [-0.1, -0.05) is 12.5 Å². The smallest absolute Gasteiger partial charge is 0.227 e. The third-order valence-corrected chi connectivity index (χ3v) is 9.05. The monoisotopic (exact) mass is 616 g/mol. The van der Waals surface area contributed by atoms with Crippen LogP contribution in [-0.4, -0.2) is 67.2 Å². The SMILES string of the molecule is O=C(Nc1cncc(-c2ccc3[nH]nc(-c4nc5nccc(-c6cc(F)cc(OCCN7CCCC7)c6)c5[nH]4)c3c2)c1)C1CCC1. The molecule has 2 aromatic carbocycles. The molecule has 2 aliphatic rings. The zero-order chi connectivity index (χ0) is 31.0. The summed E-state index contributed by atoms with van der Waals surface area (Å²) in [5.41, 5.74) is 6.56. The maximum atomic E-state index is 14.8. The predicted octanol–water partition coefficient (Wildman–Crippen LogP) is 6.58. The molecule has 2 fully saturated rings. The number of carbonyl (C=O) groups is 1. The number of imidazole rings is 1. The van der Waals surface area contributed by atoms with E-state index in [4.69, 9.17) is 9.72 Å². The van der Waals surface area contributed by atoms with Crippen LogP contribution in [0.3, 0.4) is 0 Å². The van der Waals surface area contributed by atoms with Gasteiger partial charge in [0, 0.05) is 47.4 Å². The summed E-state index contributed by atoms with van der Waals surface area (Å²) in [5.74, 6) is 0.802. The standard InChI is InChI=1S/C35H33FN8O2/c36-25-14-23(16-27(18-25)46-13-12-44-10-1-2-11-44)28-8-9-38-33-31(28)40-34(41-33)32-29-17-22(6-7-30(29)42-43-32)24-15-26(20-37-19-24)39-35(45)21-4-3-5-21/h6-9,14-21H,1-5,10-13H2,(H,39,45)(H,42,43)(H,38,40,41). The fraction of sp³-hybridized carbons (Fsp3) is 0.286. The maximum Gasteiger partial charge on any atom is 0.227 e. The Morgan fingerprint density at radius 3 is 2.74 bits per heavy atom. The van der Waals surface area contributed by atoms with Gasteiger partial charge in [-0.2, -0.15) is 5.10 Å². The summed E-state index contributed by atoms with van der Waals surface area (Å²) in [5, 5.41) is 11.6. The molecule has 10 nitrogen and oxygen atoms in total. The molecule has 46 heavy (non-hydrogen) atoms. The predicted molar refractivity (Wildman–Crippen MR) is 175 cm³/mol. The fourth-order valence-electron chi connectivity index (χ4n) is 6.32. The van der Waals surface area contributed by atoms with Gasteiger partial charge in [-0.05, 0) is 86.3 Å². The van der Waals surface area contributed by atoms with Gasteiger partial charge in [0.25, 0.3) is 0 Å². The highest BCUT2D eigenvalue weighted by Crippen LogP contribution is 2.34. The van der Waals surface area contributed by atoms with Crippen LogP contribution in [0.25, 0.3) is 55.8 Å². The molecule has 0 spiro atoms. The second-order valence-electron chi connectivity index (χ2n) is 12.1. The van der Waals surface area contributed by atoms with Crippen LogP contribution in [0, 0.1) is 11.7 Å².